The van der Waals surface area contributed by atoms with Crippen LogP contribution in [0.3, 0.4) is 0 Å². The quantitative estimate of drug-likeness (QED) is 0.218. The number of nitrogens with one attached hydrogen (secondary N) is 4. The van der Waals surface area contributed by atoms with Crippen molar-refractivity contribution in [1.29, 1.82) is 0 Å². The van der Waals surface area contributed by atoms with Crippen LogP contribution in [0, 0.1) is 0 Å². The summed E-state index contributed by atoms with van der Waals surface area (Å²) < 4.78 is 5.59. The fourth-order valence-electron chi connectivity index (χ4n) is 3.95. The Kier molecular flexibility index (Phi) is 10.7. The molecule has 1 saturated heterocycles. The van der Waals surface area contributed by atoms with E-state index in [1.54, 1.807) is 18.3 Å². The summed E-state index contributed by atoms with van der Waals surface area (Å²) in [6.45, 7) is 0.0180. The van der Waals surface area contributed by atoms with Gasteiger partial charge in [0.05, 0.1) is 18.7 Å². The van der Waals surface area contributed by atoms with Gasteiger partial charge < -0.3 is 41.1 Å². The van der Waals surface area contributed by atoms with Gasteiger partial charge in [-0.25, -0.2) is 19.4 Å². The lowest BCUT2D eigenvalue weighted by Gasteiger charge is -2.21. The van der Waals surface area contributed by atoms with Gasteiger partial charge in [-0.05, 0) is 30.5 Å². The number of carbonyl (C=O) groups is 4. The van der Waals surface area contributed by atoms with Crippen molar-refractivity contribution in [1.82, 2.24) is 25.8 Å². The van der Waals surface area contributed by atoms with E-state index < -0.39 is 36.1 Å². The van der Waals surface area contributed by atoms with E-state index in [9.17, 15) is 29.4 Å². The van der Waals surface area contributed by atoms with Crippen LogP contribution in [0.2, 0.25) is 0 Å². The molecule has 6 N–H and O–H groups in total. The van der Waals surface area contributed by atoms with Gasteiger partial charge in [0.15, 0.2) is 0 Å². The zero-order valence-electron chi connectivity index (χ0n) is 20.7. The molecule has 3 unspecified atom stereocenters. The number of urea groups is 1. The summed E-state index contributed by atoms with van der Waals surface area (Å²) >= 11 is 0. The Morgan fingerprint density at radius 1 is 1.05 bits per heavy atom. The second-order valence-electron chi connectivity index (χ2n) is 8.68. The predicted molar refractivity (Wildman–Crippen MR) is 137 cm³/mol. The van der Waals surface area contributed by atoms with Gasteiger partial charge in [0.2, 0.25) is 5.91 Å². The summed E-state index contributed by atoms with van der Waals surface area (Å²) in [6, 6.07) is 12.5. The van der Waals surface area contributed by atoms with Crippen molar-refractivity contribution in [2.75, 3.05) is 38.1 Å². The zero-order chi connectivity index (χ0) is 27.3. The van der Waals surface area contributed by atoms with Crippen molar-refractivity contribution >= 4 is 29.8 Å². The average Bonchev–Trinajstić information content (AvgIpc) is 3.33. The van der Waals surface area contributed by atoms with Crippen molar-refractivity contribution in [2.24, 2.45) is 0 Å². The van der Waals surface area contributed by atoms with Crippen LogP contribution >= 0.6 is 0 Å². The van der Waals surface area contributed by atoms with Crippen LogP contribution in [0.25, 0.3) is 0 Å². The van der Waals surface area contributed by atoms with Gasteiger partial charge in [-0.2, -0.15) is 0 Å². The second kappa shape index (κ2) is 14.4. The van der Waals surface area contributed by atoms with Crippen molar-refractivity contribution in [3.05, 3.63) is 60.3 Å². The third kappa shape index (κ3) is 9.24. The first-order valence-electron chi connectivity index (χ1n) is 12.2. The molecule has 13 nitrogen and oxygen atoms in total. The minimum absolute atomic E-state index is 0.0969. The van der Waals surface area contributed by atoms with Gasteiger partial charge in [0.1, 0.15) is 18.5 Å². The summed E-state index contributed by atoms with van der Waals surface area (Å²) in [5.74, 6) is -1.27. The van der Waals surface area contributed by atoms with Crippen LogP contribution in [0.4, 0.5) is 15.4 Å². The molecule has 13 heteroatoms. The number of hydrogen-bond donors (Lipinski definition) is 6. The summed E-state index contributed by atoms with van der Waals surface area (Å²) in [6.07, 6.45) is 0.990. The largest absolute Gasteiger partial charge is 0.480 e. The van der Waals surface area contributed by atoms with E-state index >= 15 is 0 Å². The van der Waals surface area contributed by atoms with Gasteiger partial charge in [-0.1, -0.05) is 36.4 Å². The molecule has 2 heterocycles. The van der Waals surface area contributed by atoms with Gasteiger partial charge >= 0.3 is 18.1 Å². The Labute approximate surface area is 219 Å². The number of rotatable bonds is 13. The Morgan fingerprint density at radius 2 is 1.82 bits per heavy atom. The third-order valence-corrected chi connectivity index (χ3v) is 5.90. The number of aromatic nitrogens is 1. The number of aliphatic carboxylic acids is 1. The van der Waals surface area contributed by atoms with Crippen LogP contribution in [0.15, 0.2) is 54.7 Å². The maximum atomic E-state index is 12.2. The summed E-state index contributed by atoms with van der Waals surface area (Å²) in [5.41, 5.74) is 1.03. The number of carboxylic acids is 1. The average molecular weight is 529 g/mol. The van der Waals surface area contributed by atoms with Gasteiger partial charge in [-0.15, -0.1) is 0 Å². The molecule has 1 aromatic heterocycles. The predicted octanol–water partition coefficient (Wildman–Crippen LogP) is 0.742. The van der Waals surface area contributed by atoms with Crippen molar-refractivity contribution in [3.63, 3.8) is 0 Å². The molecule has 0 aliphatic carbocycles. The molecule has 204 valence electrons. The maximum absolute atomic E-state index is 12.2. The molecular formula is C25H32N6O7. The smallest absolute Gasteiger partial charge is 0.407 e. The fraction of sp³-hybridized carbons (Fsp3) is 0.400. The number of amides is 4. The van der Waals surface area contributed by atoms with Crippen molar-refractivity contribution < 1.29 is 34.1 Å². The highest BCUT2D eigenvalue weighted by atomic mass is 16.5. The van der Waals surface area contributed by atoms with Crippen molar-refractivity contribution in [2.45, 2.75) is 31.0 Å². The first kappa shape index (κ1) is 28.2. The number of likely N-dealkylation sites (tertiary alicyclic amines) is 1. The molecule has 0 spiro atoms. The first-order chi connectivity index (χ1) is 18.3. The first-order valence-corrected chi connectivity index (χ1v) is 12.2. The van der Waals surface area contributed by atoms with Crippen LogP contribution in [-0.2, 0) is 20.7 Å². The Balaban J connectivity index is 1.37. The molecule has 1 aliphatic rings. The van der Waals surface area contributed by atoms with Gasteiger partial charge in [0, 0.05) is 25.8 Å². The second-order valence-corrected chi connectivity index (χ2v) is 8.68. The molecule has 2 aromatic rings. The number of nitrogens with zero attached hydrogens (tertiary/aromatic N) is 2. The molecule has 1 aliphatic heterocycles. The minimum Gasteiger partial charge on any atom is -0.480 e. The Morgan fingerprint density at radius 3 is 2.50 bits per heavy atom. The molecule has 0 saturated carbocycles. The van der Waals surface area contributed by atoms with E-state index in [2.05, 4.69) is 26.3 Å². The summed E-state index contributed by atoms with van der Waals surface area (Å²) in [7, 11) is 0. The van der Waals surface area contributed by atoms with E-state index in [-0.39, 0.29) is 25.7 Å². The number of hydrogen-bond acceptors (Lipinski definition) is 7. The van der Waals surface area contributed by atoms with Crippen LogP contribution in [-0.4, -0.2) is 95.1 Å². The van der Waals surface area contributed by atoms with E-state index in [4.69, 9.17) is 4.74 Å². The highest BCUT2D eigenvalue weighted by molar-refractivity contribution is 5.84. The highest BCUT2D eigenvalue weighted by Crippen LogP contribution is 2.21. The van der Waals surface area contributed by atoms with E-state index in [1.165, 1.54) is 4.90 Å². The Hall–Kier alpha value is -4.39. The Bertz CT molecular complexity index is 1070. The molecule has 0 radical (unpaired) electrons. The van der Waals surface area contributed by atoms with E-state index in [0.29, 0.717) is 31.7 Å². The zero-order valence-corrected chi connectivity index (χ0v) is 20.7. The van der Waals surface area contributed by atoms with Crippen LogP contribution in [0.1, 0.15) is 12.0 Å². The molecule has 1 fully saturated rings. The SMILES string of the molecule is O=C(COC1CC(CNc2ccccn2)N(C(=O)O)C1)NCC(NC(=O)NCCc1ccccc1)C(=O)O. The molecule has 4 amide bonds. The maximum Gasteiger partial charge on any atom is 0.407 e. The topological polar surface area (TPSA) is 182 Å². The van der Waals surface area contributed by atoms with Gasteiger partial charge in [-0.3, -0.25) is 4.79 Å². The molecule has 3 rings (SSSR count). The lowest BCUT2D eigenvalue weighted by Crippen LogP contribution is -2.52. The minimum atomic E-state index is -1.34. The number of benzene rings is 1. The fourth-order valence-corrected chi connectivity index (χ4v) is 3.95. The van der Waals surface area contributed by atoms with Crippen molar-refractivity contribution in [3.8, 4) is 0 Å². The van der Waals surface area contributed by atoms with E-state index in [0.717, 1.165) is 5.56 Å². The third-order valence-electron chi connectivity index (χ3n) is 5.90. The lowest BCUT2D eigenvalue weighted by molar-refractivity contribution is -0.139. The molecular weight excluding hydrogens is 496 g/mol. The summed E-state index contributed by atoms with van der Waals surface area (Å²) in [4.78, 5) is 52.8. The van der Waals surface area contributed by atoms with E-state index in [1.807, 2.05) is 36.4 Å². The summed E-state index contributed by atoms with van der Waals surface area (Å²) in [5, 5.41) is 29.3. The normalized spacial score (nSPS) is 17.3. The monoisotopic (exact) mass is 528 g/mol. The molecule has 1 aromatic carbocycles. The van der Waals surface area contributed by atoms with Gasteiger partial charge in [0.25, 0.3) is 0 Å². The molecule has 3 atom stereocenters. The molecule has 0 bridgehead atoms. The number of carboxylic acid groups (broad SMARTS) is 2. The molecule has 38 heavy (non-hydrogen) atoms. The number of ether oxygens (including phenoxy) is 1. The highest BCUT2D eigenvalue weighted by Gasteiger charge is 2.36. The van der Waals surface area contributed by atoms with Crippen LogP contribution < -0.4 is 21.3 Å². The number of anilines is 1. The standard InChI is InChI=1S/C25H32N6O7/c32-22(29-14-20(23(33)34)30-24(35)27-11-9-17-6-2-1-3-7-17)16-38-19-12-18(31(15-19)25(36)37)13-28-21-8-4-5-10-26-21/h1-8,10,18-20H,9,11-16H2,(H,26,28)(H,29,32)(H,33,34)(H,36,37)(H2,27,30,35). The van der Waals surface area contributed by atoms with Crippen LogP contribution in [0.5, 0.6) is 0 Å². The number of carbonyl (C=O) groups excluding carboxylic acids is 2. The lowest BCUT2D eigenvalue weighted by atomic mass is 10.1. The number of pyridine rings is 1.